The third-order valence-corrected chi connectivity index (χ3v) is 6.18. The van der Waals surface area contributed by atoms with Crippen LogP contribution in [0.5, 0.6) is 0 Å². The predicted molar refractivity (Wildman–Crippen MR) is 102 cm³/mol. The molecule has 0 atom stereocenters. The topological polar surface area (TPSA) is 3.24 Å². The molecule has 2 aromatic carbocycles. The normalized spacial score (nSPS) is 14.4. The van der Waals surface area contributed by atoms with Crippen LogP contribution in [-0.2, 0) is 12.8 Å². The van der Waals surface area contributed by atoms with Gasteiger partial charge in [-0.2, -0.15) is 0 Å². The van der Waals surface area contributed by atoms with Crippen LogP contribution in [0.1, 0.15) is 41.4 Å². The molecule has 0 heterocycles. The highest BCUT2D eigenvalue weighted by Crippen LogP contribution is 2.41. The minimum Gasteiger partial charge on any atom is -0.303 e. The van der Waals surface area contributed by atoms with Crippen LogP contribution in [0.25, 0.3) is 0 Å². The number of nitrogens with zero attached hydrogens (tertiary/aromatic N) is 1. The molecule has 0 fully saturated rings. The highest BCUT2D eigenvalue weighted by atomic mass is 32.2. The van der Waals surface area contributed by atoms with E-state index in [0.717, 1.165) is 13.1 Å². The molecule has 0 bridgehead atoms. The van der Waals surface area contributed by atoms with E-state index in [4.69, 9.17) is 0 Å². The smallest absolute Gasteiger partial charge is 0.0552 e. The molecule has 0 unspecified atom stereocenters. The largest absolute Gasteiger partial charge is 0.303 e. The van der Waals surface area contributed by atoms with Gasteiger partial charge in [0.05, 0.1) is 5.25 Å². The number of rotatable bonds is 6. The summed E-state index contributed by atoms with van der Waals surface area (Å²) in [4.78, 5) is 2.52. The van der Waals surface area contributed by atoms with Crippen molar-refractivity contribution in [2.75, 3.05) is 25.4 Å². The molecule has 0 aliphatic heterocycles. The molecule has 0 amide bonds. The number of hydrogen-bond donors (Lipinski definition) is 0. The van der Waals surface area contributed by atoms with Gasteiger partial charge >= 0.3 is 0 Å². The first-order chi connectivity index (χ1) is 11.3. The SMILES string of the molecule is CCN(CC)CCSC1c2ccccc2CCc2ccccc21. The fraction of sp³-hybridized carbons (Fsp3) is 0.429. The van der Waals surface area contributed by atoms with E-state index in [1.54, 1.807) is 0 Å². The molecule has 1 aliphatic rings. The number of hydrogen-bond acceptors (Lipinski definition) is 2. The predicted octanol–water partition coefficient (Wildman–Crippen LogP) is 4.95. The van der Waals surface area contributed by atoms with E-state index in [1.165, 1.54) is 47.4 Å². The van der Waals surface area contributed by atoms with E-state index in [-0.39, 0.29) is 0 Å². The van der Waals surface area contributed by atoms with Gasteiger partial charge in [0.1, 0.15) is 0 Å². The maximum Gasteiger partial charge on any atom is 0.0552 e. The quantitative estimate of drug-likeness (QED) is 0.739. The van der Waals surface area contributed by atoms with Crippen molar-refractivity contribution in [3.8, 4) is 0 Å². The Morgan fingerprint density at radius 3 is 1.91 bits per heavy atom. The Morgan fingerprint density at radius 2 is 1.39 bits per heavy atom. The van der Waals surface area contributed by atoms with Crippen molar-refractivity contribution in [2.24, 2.45) is 0 Å². The van der Waals surface area contributed by atoms with Crippen molar-refractivity contribution in [3.05, 3.63) is 70.8 Å². The molecule has 0 saturated heterocycles. The van der Waals surface area contributed by atoms with E-state index in [1.807, 2.05) is 0 Å². The Labute approximate surface area is 145 Å². The summed E-state index contributed by atoms with van der Waals surface area (Å²) in [5.41, 5.74) is 6.12. The first kappa shape index (κ1) is 16.6. The Morgan fingerprint density at radius 1 is 0.870 bits per heavy atom. The third-order valence-electron chi connectivity index (χ3n) is 4.93. The van der Waals surface area contributed by atoms with Gasteiger partial charge in [-0.3, -0.25) is 0 Å². The van der Waals surface area contributed by atoms with Crippen molar-refractivity contribution in [1.29, 1.82) is 0 Å². The van der Waals surface area contributed by atoms with Gasteiger partial charge in [0.2, 0.25) is 0 Å². The minimum absolute atomic E-state index is 0.487. The van der Waals surface area contributed by atoms with Crippen molar-refractivity contribution in [3.63, 3.8) is 0 Å². The molecule has 3 rings (SSSR count). The first-order valence-electron chi connectivity index (χ1n) is 8.83. The Bertz CT molecular complexity index is 586. The molecule has 0 N–H and O–H groups in total. The molecule has 1 nitrogen and oxygen atoms in total. The number of aryl methyl sites for hydroxylation is 2. The van der Waals surface area contributed by atoms with Crippen LogP contribution in [0.3, 0.4) is 0 Å². The second kappa shape index (κ2) is 8.03. The lowest BCUT2D eigenvalue weighted by Crippen LogP contribution is -2.25. The van der Waals surface area contributed by atoms with Gasteiger partial charge in [0, 0.05) is 12.3 Å². The fourth-order valence-corrected chi connectivity index (χ4v) is 4.91. The summed E-state index contributed by atoms with van der Waals surface area (Å²) in [7, 11) is 0. The standard InChI is InChI=1S/C21H27NS/c1-3-22(4-2)15-16-23-21-19-11-7-5-9-17(19)13-14-18-10-6-8-12-20(18)21/h5-12,21H,3-4,13-16H2,1-2H3. The zero-order chi connectivity index (χ0) is 16.1. The third kappa shape index (κ3) is 3.81. The lowest BCUT2D eigenvalue weighted by atomic mass is 10.00. The second-order valence-corrected chi connectivity index (χ2v) is 7.39. The number of fused-ring (bicyclic) bond motifs is 2. The maximum atomic E-state index is 2.52. The average Bonchev–Trinajstić information content (AvgIpc) is 2.76. The van der Waals surface area contributed by atoms with Crippen molar-refractivity contribution < 1.29 is 0 Å². The Balaban J connectivity index is 1.85. The van der Waals surface area contributed by atoms with Gasteiger partial charge in [-0.05, 0) is 48.2 Å². The molecule has 2 aromatic rings. The van der Waals surface area contributed by atoms with E-state index in [2.05, 4.69) is 79.0 Å². The average molecular weight is 326 g/mol. The molecule has 23 heavy (non-hydrogen) atoms. The summed E-state index contributed by atoms with van der Waals surface area (Å²) in [5.74, 6) is 1.19. The zero-order valence-corrected chi connectivity index (χ0v) is 15.1. The lowest BCUT2D eigenvalue weighted by Gasteiger charge is -2.23. The number of thioether (sulfide) groups is 1. The maximum absolute atomic E-state index is 2.52. The number of benzene rings is 2. The van der Waals surface area contributed by atoms with Crippen molar-refractivity contribution in [2.45, 2.75) is 31.9 Å². The first-order valence-corrected chi connectivity index (χ1v) is 9.88. The summed E-state index contributed by atoms with van der Waals surface area (Å²) < 4.78 is 0. The van der Waals surface area contributed by atoms with Gasteiger partial charge in [-0.15, -0.1) is 11.8 Å². The van der Waals surface area contributed by atoms with E-state index in [0.29, 0.717) is 5.25 Å². The van der Waals surface area contributed by atoms with Crippen LogP contribution in [0.4, 0.5) is 0 Å². The van der Waals surface area contributed by atoms with E-state index in [9.17, 15) is 0 Å². The van der Waals surface area contributed by atoms with Crippen LogP contribution in [-0.4, -0.2) is 30.3 Å². The minimum atomic E-state index is 0.487. The Kier molecular flexibility index (Phi) is 5.80. The van der Waals surface area contributed by atoms with Gasteiger partial charge in [0.15, 0.2) is 0 Å². The van der Waals surface area contributed by atoms with Gasteiger partial charge in [-0.1, -0.05) is 62.4 Å². The molecular weight excluding hydrogens is 298 g/mol. The Hall–Kier alpha value is -1.25. The van der Waals surface area contributed by atoms with Crippen molar-refractivity contribution in [1.82, 2.24) is 4.90 Å². The fourth-order valence-electron chi connectivity index (χ4n) is 3.49. The van der Waals surface area contributed by atoms with Crippen molar-refractivity contribution >= 4 is 11.8 Å². The highest BCUT2D eigenvalue weighted by molar-refractivity contribution is 7.99. The summed E-state index contributed by atoms with van der Waals surface area (Å²) in [6, 6.07) is 18.1. The summed E-state index contributed by atoms with van der Waals surface area (Å²) in [5, 5.41) is 0.487. The molecule has 0 saturated carbocycles. The summed E-state index contributed by atoms with van der Waals surface area (Å²) in [6.45, 7) is 7.98. The highest BCUT2D eigenvalue weighted by Gasteiger charge is 2.23. The zero-order valence-electron chi connectivity index (χ0n) is 14.3. The van der Waals surface area contributed by atoms with E-state index >= 15 is 0 Å². The molecule has 1 aliphatic carbocycles. The van der Waals surface area contributed by atoms with E-state index < -0.39 is 0 Å². The molecule has 0 spiro atoms. The van der Waals surface area contributed by atoms with Crippen LogP contribution in [0, 0.1) is 0 Å². The monoisotopic (exact) mass is 325 g/mol. The summed E-state index contributed by atoms with van der Waals surface area (Å²) in [6.07, 6.45) is 2.33. The molecule has 0 radical (unpaired) electrons. The van der Waals surface area contributed by atoms with Crippen LogP contribution < -0.4 is 0 Å². The molecule has 0 aromatic heterocycles. The molecule has 122 valence electrons. The summed E-state index contributed by atoms with van der Waals surface area (Å²) >= 11 is 2.11. The molecule has 2 heteroatoms. The van der Waals surface area contributed by atoms with Crippen LogP contribution >= 0.6 is 11.8 Å². The second-order valence-electron chi connectivity index (χ2n) is 6.18. The van der Waals surface area contributed by atoms with Gasteiger partial charge in [0.25, 0.3) is 0 Å². The lowest BCUT2D eigenvalue weighted by molar-refractivity contribution is 0.324. The van der Waals surface area contributed by atoms with Gasteiger partial charge < -0.3 is 4.90 Å². The van der Waals surface area contributed by atoms with Gasteiger partial charge in [-0.25, -0.2) is 0 Å². The van der Waals surface area contributed by atoms with Crippen LogP contribution in [0.15, 0.2) is 48.5 Å². The molecular formula is C21H27NS. The van der Waals surface area contributed by atoms with Crippen LogP contribution in [0.2, 0.25) is 0 Å².